The van der Waals surface area contributed by atoms with Crippen LogP contribution < -0.4 is 5.32 Å². The fourth-order valence-electron chi connectivity index (χ4n) is 1.01. The van der Waals surface area contributed by atoms with Gasteiger partial charge in [-0.25, -0.2) is 0 Å². The lowest BCUT2D eigenvalue weighted by Crippen LogP contribution is -2.41. The molecule has 0 spiro atoms. The molecule has 2 unspecified atom stereocenters. The Morgan fingerprint density at radius 3 is 2.33 bits per heavy atom. The summed E-state index contributed by atoms with van der Waals surface area (Å²) in [6, 6.07) is 0. The molecule has 2 nitrogen and oxygen atoms in total. The van der Waals surface area contributed by atoms with Crippen molar-refractivity contribution in [2.24, 2.45) is 5.92 Å². The van der Waals surface area contributed by atoms with E-state index in [1.807, 2.05) is 11.8 Å². The van der Waals surface area contributed by atoms with Crippen molar-refractivity contribution < 1.29 is 5.11 Å². The molecule has 0 aliphatic rings. The number of hydrogen-bond acceptors (Lipinski definition) is 3. The molecule has 0 aromatic carbocycles. The van der Waals surface area contributed by atoms with Crippen molar-refractivity contribution in [3.63, 3.8) is 0 Å². The van der Waals surface area contributed by atoms with Crippen molar-refractivity contribution in [3.8, 4) is 0 Å². The largest absolute Gasteiger partial charge is 0.391 e. The second-order valence-corrected chi connectivity index (χ2v) is 6.41. The Kier molecular flexibility index (Phi) is 7.66. The van der Waals surface area contributed by atoms with Gasteiger partial charge in [-0.05, 0) is 32.4 Å². The summed E-state index contributed by atoms with van der Waals surface area (Å²) >= 11 is 1.85. The summed E-state index contributed by atoms with van der Waals surface area (Å²) in [6.07, 6.45) is 1.00. The van der Waals surface area contributed by atoms with Gasteiger partial charge in [-0.2, -0.15) is 11.8 Å². The molecule has 0 heterocycles. The standard InChI is InChI=1S/C12H27NOS/c1-6-10(2)8-15-9-11(14)7-13-12(3,4)5/h10-11,13-14H,6-9H2,1-5H3. The Morgan fingerprint density at radius 1 is 1.27 bits per heavy atom. The number of thioether (sulfide) groups is 1. The van der Waals surface area contributed by atoms with Crippen LogP contribution in [-0.4, -0.2) is 34.8 Å². The molecule has 2 N–H and O–H groups in total. The number of nitrogens with one attached hydrogen (secondary N) is 1. The molecule has 0 rings (SSSR count). The Hall–Kier alpha value is 0.270. The fourth-order valence-corrected chi connectivity index (χ4v) is 2.17. The van der Waals surface area contributed by atoms with E-state index in [0.29, 0.717) is 6.54 Å². The van der Waals surface area contributed by atoms with Gasteiger partial charge in [-0.15, -0.1) is 0 Å². The van der Waals surface area contributed by atoms with Crippen molar-refractivity contribution in [1.29, 1.82) is 0 Å². The van der Waals surface area contributed by atoms with Crippen molar-refractivity contribution in [1.82, 2.24) is 5.32 Å². The van der Waals surface area contributed by atoms with E-state index in [1.165, 1.54) is 6.42 Å². The number of β-amino-alcohol motifs (C(OH)–C–C–N with tert-alkyl or cyclic N) is 1. The van der Waals surface area contributed by atoms with E-state index in [1.54, 1.807) is 0 Å². The molecule has 0 bridgehead atoms. The van der Waals surface area contributed by atoms with Gasteiger partial charge in [0.1, 0.15) is 0 Å². The molecule has 2 atom stereocenters. The zero-order valence-corrected chi connectivity index (χ0v) is 11.7. The molecule has 0 fully saturated rings. The molecule has 0 radical (unpaired) electrons. The van der Waals surface area contributed by atoms with Gasteiger partial charge in [-0.3, -0.25) is 0 Å². The third-order valence-electron chi connectivity index (χ3n) is 2.28. The van der Waals surface area contributed by atoms with Crippen LogP contribution in [0.5, 0.6) is 0 Å². The van der Waals surface area contributed by atoms with Crippen molar-refractivity contribution in [2.75, 3.05) is 18.1 Å². The maximum atomic E-state index is 9.71. The summed E-state index contributed by atoms with van der Waals surface area (Å²) in [5.41, 5.74) is 0.0996. The minimum atomic E-state index is -0.224. The minimum absolute atomic E-state index is 0.0996. The zero-order valence-electron chi connectivity index (χ0n) is 10.8. The number of aliphatic hydroxyl groups is 1. The Morgan fingerprint density at radius 2 is 1.87 bits per heavy atom. The molecule has 15 heavy (non-hydrogen) atoms. The molecule has 0 aromatic rings. The van der Waals surface area contributed by atoms with E-state index < -0.39 is 0 Å². The first-order valence-electron chi connectivity index (χ1n) is 5.86. The lowest BCUT2D eigenvalue weighted by atomic mass is 10.1. The molecule has 0 aliphatic carbocycles. The monoisotopic (exact) mass is 233 g/mol. The second kappa shape index (κ2) is 7.53. The average molecular weight is 233 g/mol. The van der Waals surface area contributed by atoms with Gasteiger partial charge in [0.25, 0.3) is 0 Å². The number of rotatable bonds is 7. The van der Waals surface area contributed by atoms with Crippen LogP contribution in [-0.2, 0) is 0 Å². The maximum absolute atomic E-state index is 9.71. The summed E-state index contributed by atoms with van der Waals surface area (Å²) in [6.45, 7) is 11.5. The predicted molar refractivity (Wildman–Crippen MR) is 70.5 cm³/mol. The highest BCUT2D eigenvalue weighted by Gasteiger charge is 2.12. The Labute approximate surface area is 99.2 Å². The van der Waals surface area contributed by atoms with Gasteiger partial charge in [0, 0.05) is 17.8 Å². The fraction of sp³-hybridized carbons (Fsp3) is 1.00. The molecule has 0 amide bonds. The topological polar surface area (TPSA) is 32.3 Å². The quantitative estimate of drug-likeness (QED) is 0.709. The highest BCUT2D eigenvalue weighted by atomic mass is 32.2. The van der Waals surface area contributed by atoms with Crippen molar-refractivity contribution in [2.45, 2.75) is 52.7 Å². The van der Waals surface area contributed by atoms with E-state index in [2.05, 4.69) is 39.9 Å². The number of aliphatic hydroxyl groups excluding tert-OH is 1. The molecule has 0 aliphatic heterocycles. The summed E-state index contributed by atoms with van der Waals surface area (Å²) in [5, 5.41) is 13.0. The highest BCUT2D eigenvalue weighted by molar-refractivity contribution is 7.99. The smallest absolute Gasteiger partial charge is 0.0755 e. The van der Waals surface area contributed by atoms with Crippen LogP contribution in [0.1, 0.15) is 41.0 Å². The first kappa shape index (κ1) is 15.3. The van der Waals surface area contributed by atoms with Crippen LogP contribution in [0.4, 0.5) is 0 Å². The first-order chi connectivity index (χ1) is 6.85. The molecule has 0 aromatic heterocycles. The summed E-state index contributed by atoms with van der Waals surface area (Å²) in [7, 11) is 0. The highest BCUT2D eigenvalue weighted by Crippen LogP contribution is 2.12. The molecular weight excluding hydrogens is 206 g/mol. The van der Waals surface area contributed by atoms with E-state index in [0.717, 1.165) is 17.4 Å². The van der Waals surface area contributed by atoms with Gasteiger partial charge in [0.05, 0.1) is 6.10 Å². The lowest BCUT2D eigenvalue weighted by molar-refractivity contribution is 0.183. The van der Waals surface area contributed by atoms with Crippen LogP contribution in [0.3, 0.4) is 0 Å². The predicted octanol–water partition coefficient (Wildman–Crippen LogP) is 2.51. The van der Waals surface area contributed by atoms with Crippen LogP contribution in [0.15, 0.2) is 0 Å². The number of hydrogen-bond donors (Lipinski definition) is 2. The summed E-state index contributed by atoms with van der Waals surface area (Å²) in [5.74, 6) is 2.76. The maximum Gasteiger partial charge on any atom is 0.0755 e. The summed E-state index contributed by atoms with van der Waals surface area (Å²) in [4.78, 5) is 0. The van der Waals surface area contributed by atoms with E-state index >= 15 is 0 Å². The third kappa shape index (κ3) is 10.6. The van der Waals surface area contributed by atoms with Crippen molar-refractivity contribution >= 4 is 11.8 Å². The lowest BCUT2D eigenvalue weighted by Gasteiger charge is -2.22. The van der Waals surface area contributed by atoms with E-state index in [9.17, 15) is 5.11 Å². The zero-order chi connectivity index (χ0) is 11.9. The minimum Gasteiger partial charge on any atom is -0.391 e. The van der Waals surface area contributed by atoms with Crippen LogP contribution in [0.25, 0.3) is 0 Å². The van der Waals surface area contributed by atoms with Crippen LogP contribution in [0.2, 0.25) is 0 Å². The van der Waals surface area contributed by atoms with E-state index in [-0.39, 0.29) is 11.6 Å². The van der Waals surface area contributed by atoms with Crippen LogP contribution in [0, 0.1) is 5.92 Å². The normalized spacial score (nSPS) is 16.4. The molecule has 3 heteroatoms. The van der Waals surface area contributed by atoms with E-state index in [4.69, 9.17) is 0 Å². The molecule has 0 saturated heterocycles. The molecular formula is C12H27NOS. The second-order valence-electron chi connectivity index (χ2n) is 5.34. The molecule has 0 saturated carbocycles. The average Bonchev–Trinajstić information content (AvgIpc) is 2.13. The SMILES string of the molecule is CCC(C)CSCC(O)CNC(C)(C)C. The van der Waals surface area contributed by atoms with Crippen molar-refractivity contribution in [3.05, 3.63) is 0 Å². The Bertz CT molecular complexity index is 156. The Balaban J connectivity index is 3.45. The van der Waals surface area contributed by atoms with Gasteiger partial charge in [0.15, 0.2) is 0 Å². The first-order valence-corrected chi connectivity index (χ1v) is 7.01. The van der Waals surface area contributed by atoms with Gasteiger partial charge in [-0.1, -0.05) is 20.3 Å². The summed E-state index contributed by atoms with van der Waals surface area (Å²) < 4.78 is 0. The van der Waals surface area contributed by atoms with Gasteiger partial charge < -0.3 is 10.4 Å². The van der Waals surface area contributed by atoms with Gasteiger partial charge >= 0.3 is 0 Å². The van der Waals surface area contributed by atoms with Gasteiger partial charge in [0.2, 0.25) is 0 Å². The third-order valence-corrected chi connectivity index (χ3v) is 3.70. The molecule has 92 valence electrons. The van der Waals surface area contributed by atoms with Crippen LogP contribution >= 0.6 is 11.8 Å².